The Morgan fingerprint density at radius 1 is 0.371 bits per heavy atom. The number of hydrogen-bond donors (Lipinski definition) is 0. The monoisotopic (exact) mass is 805 g/mol. The molecular formula is C58H35N3S. The highest BCUT2D eigenvalue weighted by atomic mass is 32.2. The number of nitrogens with zero attached hydrogens (tertiary/aromatic N) is 3. The Balaban J connectivity index is 1.06. The first-order valence-electron chi connectivity index (χ1n) is 20.9. The van der Waals surface area contributed by atoms with E-state index in [0.29, 0.717) is 11.4 Å². The number of rotatable bonds is 5. The van der Waals surface area contributed by atoms with Crippen LogP contribution < -0.4 is 0 Å². The third kappa shape index (κ3) is 5.60. The summed E-state index contributed by atoms with van der Waals surface area (Å²) in [5.41, 5.74) is 17.0. The van der Waals surface area contributed by atoms with Crippen LogP contribution in [0.15, 0.2) is 222 Å². The van der Waals surface area contributed by atoms with Crippen LogP contribution in [0.5, 0.6) is 0 Å². The first kappa shape index (κ1) is 36.0. The fourth-order valence-electron chi connectivity index (χ4n) is 9.82. The van der Waals surface area contributed by atoms with Crippen molar-refractivity contribution in [1.82, 2.24) is 9.97 Å². The smallest absolute Gasteiger partial charge is 0.160 e. The van der Waals surface area contributed by atoms with Gasteiger partial charge in [-0.25, -0.2) is 9.97 Å². The predicted octanol–water partition coefficient (Wildman–Crippen LogP) is 14.7. The van der Waals surface area contributed by atoms with E-state index in [1.807, 2.05) is 36.0 Å². The molecule has 1 aliphatic heterocycles. The summed E-state index contributed by atoms with van der Waals surface area (Å²) < 4.78 is 0. The molecule has 0 N–H and O–H groups in total. The Hall–Kier alpha value is -7.84. The maximum absolute atomic E-state index is 10.0. The molecule has 0 fully saturated rings. The lowest BCUT2D eigenvalue weighted by atomic mass is 9.66. The molecule has 4 heteroatoms. The zero-order valence-electron chi connectivity index (χ0n) is 33.5. The first-order chi connectivity index (χ1) is 30.7. The predicted molar refractivity (Wildman–Crippen MR) is 253 cm³/mol. The molecule has 10 aromatic rings. The molecule has 62 heavy (non-hydrogen) atoms. The molecule has 9 aromatic carbocycles. The van der Waals surface area contributed by atoms with Gasteiger partial charge in [-0.2, -0.15) is 5.26 Å². The third-order valence-electron chi connectivity index (χ3n) is 12.6. The first-order valence-corrected chi connectivity index (χ1v) is 21.7. The van der Waals surface area contributed by atoms with Crippen molar-refractivity contribution in [2.75, 3.05) is 0 Å². The minimum absolute atomic E-state index is 0.577. The molecule has 2 heterocycles. The SMILES string of the molecule is N#Cc1ccc(-c2ccc3c(c2)C2(c4ccccc4Sc4ccccc42)c2cc(-c4cccc(-c5nc(-c6ccccc6)cc(-c6ccccc6)n5)c4)ccc2-3)c2ccccc12. The average molecular weight is 806 g/mol. The summed E-state index contributed by atoms with van der Waals surface area (Å²) in [6, 6.07) is 78.1. The van der Waals surface area contributed by atoms with E-state index in [0.717, 1.165) is 61.1 Å². The molecule has 2 aliphatic rings. The maximum Gasteiger partial charge on any atom is 0.160 e. The van der Waals surface area contributed by atoms with Crippen molar-refractivity contribution in [1.29, 1.82) is 5.26 Å². The molecule has 1 aliphatic carbocycles. The molecule has 3 nitrogen and oxygen atoms in total. The average Bonchev–Trinajstić information content (AvgIpc) is 3.63. The summed E-state index contributed by atoms with van der Waals surface area (Å²) in [6.07, 6.45) is 0. The van der Waals surface area contributed by atoms with Crippen molar-refractivity contribution in [3.63, 3.8) is 0 Å². The van der Waals surface area contributed by atoms with Gasteiger partial charge in [0.15, 0.2) is 5.82 Å². The van der Waals surface area contributed by atoms with E-state index < -0.39 is 5.41 Å². The molecule has 288 valence electrons. The highest BCUT2D eigenvalue weighted by Gasteiger charge is 2.50. The van der Waals surface area contributed by atoms with Crippen LogP contribution in [0.1, 0.15) is 27.8 Å². The van der Waals surface area contributed by atoms with Gasteiger partial charge >= 0.3 is 0 Å². The number of fused-ring (bicyclic) bond motifs is 10. The second-order valence-electron chi connectivity index (χ2n) is 16.0. The van der Waals surface area contributed by atoms with Crippen molar-refractivity contribution >= 4 is 22.5 Å². The van der Waals surface area contributed by atoms with Gasteiger partial charge in [-0.15, -0.1) is 0 Å². The van der Waals surface area contributed by atoms with Gasteiger partial charge in [-0.1, -0.05) is 182 Å². The van der Waals surface area contributed by atoms with Gasteiger partial charge < -0.3 is 0 Å². The fourth-order valence-corrected chi connectivity index (χ4v) is 11.0. The molecule has 12 rings (SSSR count). The van der Waals surface area contributed by atoms with E-state index in [2.05, 4.69) is 194 Å². The highest BCUT2D eigenvalue weighted by molar-refractivity contribution is 7.99. The summed E-state index contributed by atoms with van der Waals surface area (Å²) >= 11 is 1.85. The van der Waals surface area contributed by atoms with E-state index in [1.165, 1.54) is 43.2 Å². The van der Waals surface area contributed by atoms with Crippen molar-refractivity contribution in [3.05, 3.63) is 240 Å². The van der Waals surface area contributed by atoms with E-state index in [-0.39, 0.29) is 0 Å². The minimum atomic E-state index is -0.577. The number of hydrogen-bond acceptors (Lipinski definition) is 4. The van der Waals surface area contributed by atoms with Gasteiger partial charge in [0.2, 0.25) is 0 Å². The zero-order valence-corrected chi connectivity index (χ0v) is 34.3. The third-order valence-corrected chi connectivity index (χ3v) is 13.8. The molecular weight excluding hydrogens is 771 g/mol. The summed E-state index contributed by atoms with van der Waals surface area (Å²) in [5.74, 6) is 0.687. The number of benzene rings is 9. The van der Waals surface area contributed by atoms with Crippen LogP contribution in [0, 0.1) is 11.3 Å². The Labute approximate surface area is 364 Å². The van der Waals surface area contributed by atoms with E-state index in [9.17, 15) is 5.26 Å². The van der Waals surface area contributed by atoms with Crippen LogP contribution in [0.2, 0.25) is 0 Å². The van der Waals surface area contributed by atoms with Crippen molar-refractivity contribution in [2.45, 2.75) is 15.2 Å². The summed E-state index contributed by atoms with van der Waals surface area (Å²) in [4.78, 5) is 12.9. The Bertz CT molecular complexity index is 3360. The van der Waals surface area contributed by atoms with Crippen LogP contribution >= 0.6 is 11.8 Å². The molecule has 0 radical (unpaired) electrons. The van der Waals surface area contributed by atoms with Gasteiger partial charge in [0, 0.05) is 31.9 Å². The summed E-state index contributed by atoms with van der Waals surface area (Å²) in [7, 11) is 0. The number of aromatic nitrogens is 2. The Morgan fingerprint density at radius 3 is 1.52 bits per heavy atom. The van der Waals surface area contributed by atoms with Crippen LogP contribution in [0.3, 0.4) is 0 Å². The normalized spacial score (nSPS) is 12.9. The molecule has 0 amide bonds. The second-order valence-corrected chi connectivity index (χ2v) is 17.0. The lowest BCUT2D eigenvalue weighted by Crippen LogP contribution is -2.32. The molecule has 0 saturated carbocycles. The Kier molecular flexibility index (Phi) is 8.38. The van der Waals surface area contributed by atoms with Crippen LogP contribution in [0.4, 0.5) is 0 Å². The summed E-state index contributed by atoms with van der Waals surface area (Å²) in [5, 5.41) is 12.0. The van der Waals surface area contributed by atoms with E-state index >= 15 is 0 Å². The molecule has 1 spiro atoms. The summed E-state index contributed by atoms with van der Waals surface area (Å²) in [6.45, 7) is 0. The topological polar surface area (TPSA) is 49.6 Å². The second kappa shape index (κ2) is 14.4. The quantitative estimate of drug-likeness (QED) is 0.174. The van der Waals surface area contributed by atoms with Gasteiger partial charge in [-0.05, 0) is 103 Å². The Morgan fingerprint density at radius 2 is 0.871 bits per heavy atom. The zero-order chi connectivity index (χ0) is 41.2. The maximum atomic E-state index is 10.0. The molecule has 1 aromatic heterocycles. The van der Waals surface area contributed by atoms with Crippen LogP contribution in [0.25, 0.3) is 78.1 Å². The van der Waals surface area contributed by atoms with Crippen molar-refractivity contribution in [3.8, 4) is 73.4 Å². The van der Waals surface area contributed by atoms with Crippen molar-refractivity contribution < 1.29 is 0 Å². The van der Waals surface area contributed by atoms with Crippen LogP contribution in [-0.2, 0) is 5.41 Å². The lowest BCUT2D eigenvalue weighted by molar-refractivity contribution is 0.723. The number of nitriles is 1. The molecule has 0 bridgehead atoms. The fraction of sp³-hybridized carbons (Fsp3) is 0.0172. The molecule has 0 saturated heterocycles. The van der Waals surface area contributed by atoms with Crippen LogP contribution in [-0.4, -0.2) is 9.97 Å². The van der Waals surface area contributed by atoms with E-state index in [4.69, 9.17) is 9.97 Å². The van der Waals surface area contributed by atoms with Crippen molar-refractivity contribution in [2.24, 2.45) is 0 Å². The van der Waals surface area contributed by atoms with Gasteiger partial charge in [0.05, 0.1) is 28.4 Å². The van der Waals surface area contributed by atoms with Gasteiger partial charge in [0.25, 0.3) is 0 Å². The largest absolute Gasteiger partial charge is 0.228 e. The standard InChI is InChI=1S/C58H35N3S/c59-36-43-28-29-45(46-21-8-7-20-44(43)46)41-27-31-48-47-30-26-40(33-51(47)58(52(48)34-41)49-22-9-11-24-55(49)62-56-25-12-10-23-50(56)58)39-18-13-19-42(32-39)57-60-53(37-14-3-1-4-15-37)35-54(61-57)38-16-5-2-6-17-38/h1-35H. The minimum Gasteiger partial charge on any atom is -0.228 e. The van der Waals surface area contributed by atoms with Gasteiger partial charge in [0.1, 0.15) is 0 Å². The molecule has 0 unspecified atom stereocenters. The van der Waals surface area contributed by atoms with E-state index in [1.54, 1.807) is 0 Å². The highest BCUT2D eigenvalue weighted by Crippen LogP contribution is 2.63. The lowest BCUT2D eigenvalue weighted by Gasteiger charge is -2.40. The molecule has 0 atom stereocenters. The van der Waals surface area contributed by atoms with Gasteiger partial charge in [-0.3, -0.25) is 0 Å².